The van der Waals surface area contributed by atoms with Gasteiger partial charge in [0.2, 0.25) is 0 Å². The molecule has 0 radical (unpaired) electrons. The van der Waals surface area contributed by atoms with E-state index in [-0.39, 0.29) is 12.5 Å². The third kappa shape index (κ3) is 5.31. The Morgan fingerprint density at radius 3 is 2.54 bits per heavy atom. The van der Waals surface area contributed by atoms with Gasteiger partial charge in [-0.1, -0.05) is 61.7 Å². The molecule has 1 atom stereocenters. The second-order valence-corrected chi connectivity index (χ2v) is 7.24. The number of esters is 1. The van der Waals surface area contributed by atoms with Crippen LogP contribution in [0.3, 0.4) is 0 Å². The van der Waals surface area contributed by atoms with Crippen LogP contribution < -0.4 is 10.6 Å². The number of nitrogens with one attached hydrogen (secondary N) is 2. The highest BCUT2D eigenvalue weighted by atomic mass is 16.5. The highest BCUT2D eigenvalue weighted by molar-refractivity contribution is 5.97. The lowest BCUT2D eigenvalue weighted by Crippen LogP contribution is -2.48. The summed E-state index contributed by atoms with van der Waals surface area (Å²) in [4.78, 5) is 36.4. The minimum atomic E-state index is -1.04. The summed E-state index contributed by atoms with van der Waals surface area (Å²) in [5.41, 5.74) is 0.839. The van der Waals surface area contributed by atoms with Crippen LogP contribution in [0.5, 0.6) is 0 Å². The Kier molecular flexibility index (Phi) is 6.63. The van der Waals surface area contributed by atoms with Gasteiger partial charge in [-0.25, -0.2) is 4.79 Å². The topological polar surface area (TPSA) is 84.5 Å². The number of rotatable bonds is 5. The van der Waals surface area contributed by atoms with Crippen molar-refractivity contribution in [3.8, 4) is 0 Å². The highest BCUT2D eigenvalue weighted by Gasteiger charge is 2.22. The summed E-state index contributed by atoms with van der Waals surface area (Å²) in [5, 5.41) is 7.08. The molecule has 1 aliphatic rings. The van der Waals surface area contributed by atoms with Crippen molar-refractivity contribution >= 4 is 28.7 Å². The average molecular weight is 382 g/mol. The van der Waals surface area contributed by atoms with Gasteiger partial charge in [0.25, 0.3) is 5.91 Å². The molecular weight excluding hydrogens is 356 g/mol. The number of fused-ring (bicyclic) bond motifs is 1. The fourth-order valence-electron chi connectivity index (χ4n) is 3.58. The maximum absolute atomic E-state index is 12.3. The van der Waals surface area contributed by atoms with Crippen molar-refractivity contribution in [3.63, 3.8) is 0 Å². The number of benzene rings is 2. The van der Waals surface area contributed by atoms with Gasteiger partial charge in [-0.05, 0) is 36.1 Å². The zero-order valence-electron chi connectivity index (χ0n) is 16.1. The van der Waals surface area contributed by atoms with Crippen LogP contribution in [0.2, 0.25) is 0 Å². The molecule has 0 spiro atoms. The van der Waals surface area contributed by atoms with Crippen molar-refractivity contribution in [3.05, 3.63) is 48.0 Å². The summed E-state index contributed by atoms with van der Waals surface area (Å²) in [5.74, 6) is -1.13. The third-order valence-corrected chi connectivity index (χ3v) is 5.07. The molecule has 3 rings (SSSR count). The number of hydrogen-bond donors (Lipinski definition) is 2. The minimum absolute atomic E-state index is 0.0627. The second-order valence-electron chi connectivity index (χ2n) is 7.24. The first-order valence-corrected chi connectivity index (χ1v) is 9.80. The van der Waals surface area contributed by atoms with Crippen LogP contribution in [-0.4, -0.2) is 30.1 Å². The predicted octanol–water partition coefficient (Wildman–Crippen LogP) is 3.47. The lowest BCUT2D eigenvalue weighted by atomic mass is 9.96. The molecule has 2 aromatic rings. The molecule has 0 aliphatic heterocycles. The Morgan fingerprint density at radius 1 is 1.04 bits per heavy atom. The molecule has 1 saturated carbocycles. The minimum Gasteiger partial charge on any atom is -0.452 e. The normalized spacial score (nSPS) is 15.6. The van der Waals surface area contributed by atoms with E-state index in [0.29, 0.717) is 0 Å². The van der Waals surface area contributed by atoms with Crippen molar-refractivity contribution < 1.29 is 19.1 Å². The number of carbonyl (C=O) groups is 3. The summed E-state index contributed by atoms with van der Waals surface area (Å²) in [7, 11) is 0. The molecule has 1 aliphatic carbocycles. The molecule has 2 N–H and O–H groups in total. The van der Waals surface area contributed by atoms with E-state index in [1.165, 1.54) is 13.3 Å². The van der Waals surface area contributed by atoms with Gasteiger partial charge >= 0.3 is 12.0 Å². The zero-order valence-corrected chi connectivity index (χ0v) is 16.1. The van der Waals surface area contributed by atoms with Crippen molar-refractivity contribution in [1.82, 2.24) is 10.6 Å². The zero-order chi connectivity index (χ0) is 19.9. The molecule has 2 aromatic carbocycles. The van der Waals surface area contributed by atoms with Gasteiger partial charge in [0.1, 0.15) is 0 Å². The molecule has 6 nitrogen and oxygen atoms in total. The van der Waals surface area contributed by atoms with Crippen LogP contribution in [-0.2, 0) is 20.7 Å². The molecule has 1 fully saturated rings. The van der Waals surface area contributed by atoms with Crippen molar-refractivity contribution in [1.29, 1.82) is 0 Å². The van der Waals surface area contributed by atoms with E-state index in [2.05, 4.69) is 10.6 Å². The SMILES string of the molecule is C[C@@H](OC(=O)Cc1cccc2ccccc12)C(=O)NC(=O)NC1CCCCC1. The molecule has 148 valence electrons. The summed E-state index contributed by atoms with van der Waals surface area (Å²) < 4.78 is 5.22. The molecule has 0 aromatic heterocycles. The van der Waals surface area contributed by atoms with Gasteiger partial charge < -0.3 is 10.1 Å². The first-order valence-electron chi connectivity index (χ1n) is 9.80. The average Bonchev–Trinajstić information content (AvgIpc) is 2.69. The fraction of sp³-hybridized carbons (Fsp3) is 0.409. The summed E-state index contributed by atoms with van der Waals surface area (Å²) in [6.45, 7) is 1.46. The maximum Gasteiger partial charge on any atom is 0.321 e. The number of ether oxygens (including phenoxy) is 1. The van der Waals surface area contributed by atoms with Crippen molar-refractivity contribution in [2.45, 2.75) is 57.6 Å². The number of urea groups is 1. The Labute approximate surface area is 164 Å². The lowest BCUT2D eigenvalue weighted by Gasteiger charge is -2.23. The largest absolute Gasteiger partial charge is 0.452 e. The quantitative estimate of drug-likeness (QED) is 0.776. The Morgan fingerprint density at radius 2 is 1.75 bits per heavy atom. The molecule has 6 heteroatoms. The van der Waals surface area contributed by atoms with E-state index in [1.54, 1.807) is 0 Å². The first-order chi connectivity index (χ1) is 13.5. The van der Waals surface area contributed by atoms with E-state index in [1.807, 2.05) is 42.5 Å². The molecule has 0 unspecified atom stereocenters. The molecule has 0 saturated heterocycles. The Bertz CT molecular complexity index is 853. The summed E-state index contributed by atoms with van der Waals surface area (Å²) in [6, 6.07) is 13.1. The highest BCUT2D eigenvalue weighted by Crippen LogP contribution is 2.19. The van der Waals surface area contributed by atoms with Gasteiger partial charge in [-0.2, -0.15) is 0 Å². The van der Waals surface area contributed by atoms with Crippen LogP contribution >= 0.6 is 0 Å². The third-order valence-electron chi connectivity index (χ3n) is 5.07. The van der Waals surface area contributed by atoms with Crippen LogP contribution in [0, 0.1) is 0 Å². The van der Waals surface area contributed by atoms with E-state index in [0.717, 1.165) is 42.0 Å². The monoisotopic (exact) mass is 382 g/mol. The summed E-state index contributed by atoms with van der Waals surface area (Å²) in [6.07, 6.45) is 4.23. The predicted molar refractivity (Wildman–Crippen MR) is 107 cm³/mol. The standard InChI is InChI=1S/C22H26N2O4/c1-15(21(26)24-22(27)23-18-11-3-2-4-12-18)28-20(25)14-17-10-7-9-16-8-5-6-13-19(16)17/h5-10,13,15,18H,2-4,11-12,14H2,1H3,(H2,23,24,26,27)/t15-/m1/s1. The van der Waals surface area contributed by atoms with Gasteiger partial charge in [0.15, 0.2) is 6.10 Å². The number of carbonyl (C=O) groups excluding carboxylic acids is 3. The Hall–Kier alpha value is -2.89. The van der Waals surface area contributed by atoms with Crippen LogP contribution in [0.15, 0.2) is 42.5 Å². The van der Waals surface area contributed by atoms with Gasteiger partial charge in [0.05, 0.1) is 6.42 Å². The van der Waals surface area contributed by atoms with E-state index in [9.17, 15) is 14.4 Å². The number of hydrogen-bond acceptors (Lipinski definition) is 4. The van der Waals surface area contributed by atoms with Crippen LogP contribution in [0.4, 0.5) is 4.79 Å². The van der Waals surface area contributed by atoms with Crippen LogP contribution in [0.25, 0.3) is 10.8 Å². The number of imide groups is 1. The van der Waals surface area contributed by atoms with Gasteiger partial charge in [-0.15, -0.1) is 0 Å². The van der Waals surface area contributed by atoms with Crippen LogP contribution in [0.1, 0.15) is 44.6 Å². The smallest absolute Gasteiger partial charge is 0.321 e. The van der Waals surface area contributed by atoms with Gasteiger partial charge in [-0.3, -0.25) is 14.9 Å². The van der Waals surface area contributed by atoms with E-state index < -0.39 is 24.0 Å². The van der Waals surface area contributed by atoms with E-state index in [4.69, 9.17) is 4.74 Å². The van der Waals surface area contributed by atoms with Crippen molar-refractivity contribution in [2.24, 2.45) is 0 Å². The molecule has 28 heavy (non-hydrogen) atoms. The van der Waals surface area contributed by atoms with E-state index >= 15 is 0 Å². The summed E-state index contributed by atoms with van der Waals surface area (Å²) >= 11 is 0. The number of amides is 3. The maximum atomic E-state index is 12.3. The molecule has 0 heterocycles. The lowest BCUT2D eigenvalue weighted by molar-refractivity contribution is -0.153. The van der Waals surface area contributed by atoms with Gasteiger partial charge in [0, 0.05) is 6.04 Å². The fourth-order valence-corrected chi connectivity index (χ4v) is 3.58. The molecular formula is C22H26N2O4. The Balaban J connectivity index is 1.50. The molecule has 0 bridgehead atoms. The first kappa shape index (κ1) is 19.9. The second kappa shape index (κ2) is 9.35. The van der Waals surface area contributed by atoms with Crippen molar-refractivity contribution in [2.75, 3.05) is 0 Å². The molecule has 3 amide bonds.